The molecule has 0 saturated carbocycles. The molecule has 0 heterocycles. The SMILES string of the molecule is COC(=O)CCC(C)Cc1cccc(OC)c1F. The molecule has 1 rings (SSSR count). The number of benzene rings is 1. The van der Waals surface area contributed by atoms with Crippen LogP contribution in [0.1, 0.15) is 25.3 Å². The summed E-state index contributed by atoms with van der Waals surface area (Å²) < 4.78 is 23.4. The largest absolute Gasteiger partial charge is 0.494 e. The van der Waals surface area contributed by atoms with Gasteiger partial charge in [-0.25, -0.2) is 4.39 Å². The Kier molecular flexibility index (Phi) is 5.62. The van der Waals surface area contributed by atoms with E-state index >= 15 is 0 Å². The fourth-order valence-electron chi connectivity index (χ4n) is 1.82. The predicted octanol–water partition coefficient (Wildman–Crippen LogP) is 2.97. The van der Waals surface area contributed by atoms with Gasteiger partial charge in [0, 0.05) is 6.42 Å². The molecule has 18 heavy (non-hydrogen) atoms. The summed E-state index contributed by atoms with van der Waals surface area (Å²) in [6, 6.07) is 5.11. The lowest BCUT2D eigenvalue weighted by Crippen LogP contribution is -2.07. The zero-order valence-electron chi connectivity index (χ0n) is 11.0. The average molecular weight is 254 g/mol. The van der Waals surface area contributed by atoms with Crippen LogP contribution >= 0.6 is 0 Å². The smallest absolute Gasteiger partial charge is 0.305 e. The molecule has 1 unspecified atom stereocenters. The summed E-state index contributed by atoms with van der Waals surface area (Å²) in [5.74, 6) is -0.0729. The Bertz CT molecular complexity index is 404. The number of rotatable bonds is 6. The van der Waals surface area contributed by atoms with Gasteiger partial charge in [-0.1, -0.05) is 19.1 Å². The highest BCUT2D eigenvalue weighted by Gasteiger charge is 2.13. The lowest BCUT2D eigenvalue weighted by atomic mass is 9.96. The van der Waals surface area contributed by atoms with Crippen molar-refractivity contribution in [2.45, 2.75) is 26.2 Å². The van der Waals surface area contributed by atoms with Crippen LogP contribution in [0.15, 0.2) is 18.2 Å². The molecule has 0 fully saturated rings. The normalized spacial score (nSPS) is 12.0. The van der Waals surface area contributed by atoms with Gasteiger partial charge in [0.25, 0.3) is 0 Å². The Morgan fingerprint density at radius 3 is 2.72 bits per heavy atom. The second-order valence-electron chi connectivity index (χ2n) is 4.36. The third-order valence-electron chi connectivity index (χ3n) is 2.90. The molecule has 0 aliphatic carbocycles. The minimum absolute atomic E-state index is 0.214. The first kappa shape index (κ1) is 14.5. The first-order valence-electron chi connectivity index (χ1n) is 5.96. The molecule has 0 amide bonds. The van der Waals surface area contributed by atoms with Crippen molar-refractivity contribution < 1.29 is 18.7 Å². The maximum absolute atomic E-state index is 13.9. The molecule has 3 nitrogen and oxygen atoms in total. The molecular weight excluding hydrogens is 235 g/mol. The fraction of sp³-hybridized carbons (Fsp3) is 0.500. The van der Waals surface area contributed by atoms with Crippen LogP contribution in [0.3, 0.4) is 0 Å². The van der Waals surface area contributed by atoms with Crippen LogP contribution in [-0.4, -0.2) is 20.2 Å². The molecule has 1 aromatic carbocycles. The molecule has 0 aliphatic rings. The van der Waals surface area contributed by atoms with Crippen molar-refractivity contribution in [2.24, 2.45) is 5.92 Å². The van der Waals surface area contributed by atoms with Crippen LogP contribution in [0.4, 0.5) is 4.39 Å². The first-order chi connectivity index (χ1) is 8.58. The third-order valence-corrected chi connectivity index (χ3v) is 2.90. The highest BCUT2D eigenvalue weighted by atomic mass is 19.1. The van der Waals surface area contributed by atoms with Gasteiger partial charge in [0.1, 0.15) is 0 Å². The van der Waals surface area contributed by atoms with Gasteiger partial charge < -0.3 is 9.47 Å². The number of ether oxygens (including phenoxy) is 2. The van der Waals surface area contributed by atoms with Crippen molar-refractivity contribution in [2.75, 3.05) is 14.2 Å². The number of halogens is 1. The summed E-state index contributed by atoms with van der Waals surface area (Å²) >= 11 is 0. The van der Waals surface area contributed by atoms with E-state index in [-0.39, 0.29) is 23.5 Å². The van der Waals surface area contributed by atoms with Crippen LogP contribution < -0.4 is 4.74 Å². The Balaban J connectivity index is 2.59. The molecule has 4 heteroatoms. The fourth-order valence-corrected chi connectivity index (χ4v) is 1.82. The van der Waals surface area contributed by atoms with Crippen molar-refractivity contribution >= 4 is 5.97 Å². The Labute approximate surface area is 107 Å². The summed E-state index contributed by atoms with van der Waals surface area (Å²) in [6.07, 6.45) is 1.63. The van der Waals surface area contributed by atoms with Gasteiger partial charge in [-0.15, -0.1) is 0 Å². The number of hydrogen-bond acceptors (Lipinski definition) is 3. The highest BCUT2D eigenvalue weighted by molar-refractivity contribution is 5.69. The van der Waals surface area contributed by atoms with Crippen LogP contribution in [0.2, 0.25) is 0 Å². The molecule has 100 valence electrons. The summed E-state index contributed by atoms with van der Waals surface area (Å²) in [5, 5.41) is 0. The van der Waals surface area contributed by atoms with E-state index in [1.54, 1.807) is 18.2 Å². The van der Waals surface area contributed by atoms with Crippen LogP contribution in [-0.2, 0) is 16.0 Å². The molecule has 1 atom stereocenters. The number of methoxy groups -OCH3 is 2. The van der Waals surface area contributed by atoms with E-state index in [1.807, 2.05) is 6.92 Å². The number of carbonyl (C=O) groups excluding carboxylic acids is 1. The van der Waals surface area contributed by atoms with E-state index in [0.29, 0.717) is 24.8 Å². The van der Waals surface area contributed by atoms with Crippen LogP contribution in [0, 0.1) is 11.7 Å². The van der Waals surface area contributed by atoms with Crippen molar-refractivity contribution in [3.05, 3.63) is 29.6 Å². The van der Waals surface area contributed by atoms with Gasteiger partial charge >= 0.3 is 5.97 Å². The lowest BCUT2D eigenvalue weighted by Gasteiger charge is -2.12. The lowest BCUT2D eigenvalue weighted by molar-refractivity contribution is -0.140. The van der Waals surface area contributed by atoms with Gasteiger partial charge in [0.15, 0.2) is 11.6 Å². The van der Waals surface area contributed by atoms with Crippen molar-refractivity contribution in [3.8, 4) is 5.75 Å². The van der Waals surface area contributed by atoms with Gasteiger partial charge in [0.05, 0.1) is 14.2 Å². The number of carbonyl (C=O) groups is 1. The van der Waals surface area contributed by atoms with Gasteiger partial charge in [-0.3, -0.25) is 4.79 Å². The monoisotopic (exact) mass is 254 g/mol. The minimum Gasteiger partial charge on any atom is -0.494 e. The molecule has 0 radical (unpaired) electrons. The third kappa shape index (κ3) is 4.02. The minimum atomic E-state index is -0.315. The summed E-state index contributed by atoms with van der Waals surface area (Å²) in [6.45, 7) is 1.99. The van der Waals surface area contributed by atoms with Gasteiger partial charge in [-0.05, 0) is 30.4 Å². The van der Waals surface area contributed by atoms with E-state index in [4.69, 9.17) is 4.74 Å². The van der Waals surface area contributed by atoms with E-state index < -0.39 is 0 Å². The maximum Gasteiger partial charge on any atom is 0.305 e. The molecule has 0 bridgehead atoms. The maximum atomic E-state index is 13.9. The summed E-state index contributed by atoms with van der Waals surface area (Å²) in [4.78, 5) is 11.0. The van der Waals surface area contributed by atoms with E-state index in [9.17, 15) is 9.18 Å². The molecule has 0 aromatic heterocycles. The highest BCUT2D eigenvalue weighted by Crippen LogP contribution is 2.23. The summed E-state index contributed by atoms with van der Waals surface area (Å²) in [7, 11) is 2.82. The second-order valence-corrected chi connectivity index (χ2v) is 4.36. The van der Waals surface area contributed by atoms with Crippen LogP contribution in [0.25, 0.3) is 0 Å². The van der Waals surface area contributed by atoms with Crippen LogP contribution in [0.5, 0.6) is 5.75 Å². The zero-order valence-corrected chi connectivity index (χ0v) is 11.0. The quantitative estimate of drug-likeness (QED) is 0.732. The molecule has 0 N–H and O–H groups in total. The van der Waals surface area contributed by atoms with Gasteiger partial charge in [-0.2, -0.15) is 0 Å². The molecule has 0 saturated heterocycles. The zero-order chi connectivity index (χ0) is 13.5. The molecule has 1 aromatic rings. The Morgan fingerprint density at radius 1 is 1.39 bits per heavy atom. The van der Waals surface area contributed by atoms with Crippen molar-refractivity contribution in [1.82, 2.24) is 0 Å². The van der Waals surface area contributed by atoms with Crippen molar-refractivity contribution in [3.63, 3.8) is 0 Å². The molecule has 0 spiro atoms. The summed E-state index contributed by atoms with van der Waals surface area (Å²) in [5.41, 5.74) is 0.617. The van der Waals surface area contributed by atoms with Crippen molar-refractivity contribution in [1.29, 1.82) is 0 Å². The van der Waals surface area contributed by atoms with E-state index in [1.165, 1.54) is 14.2 Å². The number of esters is 1. The predicted molar refractivity (Wildman–Crippen MR) is 67.1 cm³/mol. The number of hydrogen-bond donors (Lipinski definition) is 0. The first-order valence-corrected chi connectivity index (χ1v) is 5.96. The topological polar surface area (TPSA) is 35.5 Å². The second kappa shape index (κ2) is 6.99. The van der Waals surface area contributed by atoms with E-state index in [2.05, 4.69) is 4.74 Å². The molecule has 0 aliphatic heterocycles. The molecular formula is C14H19FO3. The standard InChI is InChI=1S/C14H19FO3/c1-10(7-8-13(16)18-3)9-11-5-4-6-12(17-2)14(11)15/h4-6,10H,7-9H2,1-3H3. The van der Waals surface area contributed by atoms with E-state index in [0.717, 1.165) is 0 Å². The Hall–Kier alpha value is -1.58. The average Bonchev–Trinajstić information content (AvgIpc) is 2.38. The van der Waals surface area contributed by atoms with Gasteiger partial charge in [0.2, 0.25) is 0 Å². The Morgan fingerprint density at radius 2 is 2.11 bits per heavy atom.